The third-order valence-electron chi connectivity index (χ3n) is 3.45. The van der Waals surface area contributed by atoms with E-state index in [-0.39, 0.29) is 12.3 Å². The van der Waals surface area contributed by atoms with Gasteiger partial charge < -0.3 is 14.2 Å². The average molecular weight is 341 g/mol. The van der Waals surface area contributed by atoms with Crippen molar-refractivity contribution in [1.29, 1.82) is 0 Å². The van der Waals surface area contributed by atoms with Crippen molar-refractivity contribution in [3.63, 3.8) is 0 Å². The standard InChI is InChI=1S/C14H15NO7S/c1-20-12(16)14(13(17)21-2)11(23-8-7-22-14)9-3-5-10(6-4-9)15(18)19/h3-6,11H,7-8H2,1-2H3. The van der Waals surface area contributed by atoms with Gasteiger partial charge in [-0.05, 0) is 5.56 Å². The van der Waals surface area contributed by atoms with E-state index in [0.717, 1.165) is 14.2 Å². The van der Waals surface area contributed by atoms with Gasteiger partial charge in [-0.1, -0.05) is 12.1 Å². The first-order valence-corrected chi connectivity index (χ1v) is 7.69. The van der Waals surface area contributed by atoms with Crippen LogP contribution in [0.25, 0.3) is 0 Å². The Hall–Kier alpha value is -2.13. The summed E-state index contributed by atoms with van der Waals surface area (Å²) >= 11 is 1.33. The third kappa shape index (κ3) is 3.02. The van der Waals surface area contributed by atoms with E-state index in [1.165, 1.54) is 36.0 Å². The van der Waals surface area contributed by atoms with Crippen molar-refractivity contribution in [2.24, 2.45) is 0 Å². The number of ether oxygens (including phenoxy) is 3. The summed E-state index contributed by atoms with van der Waals surface area (Å²) in [5.74, 6) is -1.17. The van der Waals surface area contributed by atoms with E-state index in [2.05, 4.69) is 0 Å². The lowest BCUT2D eigenvalue weighted by atomic mass is 9.92. The number of nitro groups is 1. The monoisotopic (exact) mass is 341 g/mol. The van der Waals surface area contributed by atoms with Crippen molar-refractivity contribution in [3.8, 4) is 0 Å². The van der Waals surface area contributed by atoms with Gasteiger partial charge in [0.1, 0.15) is 0 Å². The van der Waals surface area contributed by atoms with Gasteiger partial charge in [0.25, 0.3) is 11.3 Å². The predicted molar refractivity (Wildman–Crippen MR) is 81.0 cm³/mol. The average Bonchev–Trinajstić information content (AvgIpc) is 2.60. The molecule has 1 fully saturated rings. The van der Waals surface area contributed by atoms with Crippen molar-refractivity contribution in [2.45, 2.75) is 10.9 Å². The molecule has 0 N–H and O–H groups in total. The zero-order valence-electron chi connectivity index (χ0n) is 12.5. The van der Waals surface area contributed by atoms with Crippen LogP contribution in [0.2, 0.25) is 0 Å². The van der Waals surface area contributed by atoms with Crippen molar-refractivity contribution >= 4 is 29.4 Å². The zero-order valence-corrected chi connectivity index (χ0v) is 13.3. The SMILES string of the molecule is COC(=O)C1(C(=O)OC)OCCSC1c1ccc([N+](=O)[O-])cc1. The van der Waals surface area contributed by atoms with Crippen molar-refractivity contribution < 1.29 is 28.7 Å². The molecule has 1 atom stereocenters. The molecule has 9 heteroatoms. The second kappa shape index (κ2) is 6.97. The smallest absolute Gasteiger partial charge is 0.351 e. The summed E-state index contributed by atoms with van der Waals surface area (Å²) in [4.78, 5) is 34.8. The topological polar surface area (TPSA) is 105 Å². The lowest BCUT2D eigenvalue weighted by molar-refractivity contribution is -0.384. The van der Waals surface area contributed by atoms with E-state index in [1.54, 1.807) is 0 Å². The Labute approximate surface area is 136 Å². The van der Waals surface area contributed by atoms with Crippen LogP contribution < -0.4 is 0 Å². The number of thioether (sulfide) groups is 1. The van der Waals surface area contributed by atoms with Crippen LogP contribution in [0.4, 0.5) is 5.69 Å². The Bertz CT molecular complexity index is 600. The van der Waals surface area contributed by atoms with E-state index in [1.807, 2.05) is 0 Å². The van der Waals surface area contributed by atoms with Crippen molar-refractivity contribution in [2.75, 3.05) is 26.6 Å². The minimum Gasteiger partial charge on any atom is -0.466 e. The fourth-order valence-electron chi connectivity index (χ4n) is 2.38. The fourth-order valence-corrected chi connectivity index (χ4v) is 3.64. The molecule has 1 aliphatic rings. The van der Waals surface area contributed by atoms with Crippen LogP contribution in [-0.4, -0.2) is 49.0 Å². The molecule has 0 bridgehead atoms. The molecule has 0 spiro atoms. The highest BCUT2D eigenvalue weighted by atomic mass is 32.2. The number of carbonyl (C=O) groups is 2. The molecule has 1 aromatic rings. The molecule has 2 rings (SSSR count). The van der Waals surface area contributed by atoms with E-state index >= 15 is 0 Å². The third-order valence-corrected chi connectivity index (χ3v) is 4.79. The summed E-state index contributed by atoms with van der Waals surface area (Å²) in [6, 6.07) is 5.60. The number of non-ortho nitro benzene ring substituents is 1. The number of esters is 2. The van der Waals surface area contributed by atoms with Crippen molar-refractivity contribution in [3.05, 3.63) is 39.9 Å². The number of rotatable bonds is 4. The Morgan fingerprint density at radius 3 is 2.30 bits per heavy atom. The molecule has 1 heterocycles. The summed E-state index contributed by atoms with van der Waals surface area (Å²) < 4.78 is 15.0. The van der Waals surface area contributed by atoms with Crippen molar-refractivity contribution in [1.82, 2.24) is 0 Å². The van der Waals surface area contributed by atoms with Gasteiger partial charge in [-0.15, -0.1) is 11.8 Å². The summed E-state index contributed by atoms with van der Waals surface area (Å²) in [7, 11) is 2.31. The maximum Gasteiger partial charge on any atom is 0.351 e. The Balaban J connectivity index is 2.48. The van der Waals surface area contributed by atoms with Crippen LogP contribution in [0, 0.1) is 10.1 Å². The van der Waals surface area contributed by atoms with E-state index < -0.39 is 27.7 Å². The Morgan fingerprint density at radius 2 is 1.83 bits per heavy atom. The van der Waals surface area contributed by atoms with Gasteiger partial charge in [-0.25, -0.2) is 9.59 Å². The molecule has 124 valence electrons. The highest BCUT2D eigenvalue weighted by Crippen LogP contribution is 2.45. The van der Waals surface area contributed by atoms with Gasteiger partial charge >= 0.3 is 11.9 Å². The number of hydrogen-bond donors (Lipinski definition) is 0. The quantitative estimate of drug-likeness (QED) is 0.351. The molecule has 0 aliphatic carbocycles. The van der Waals surface area contributed by atoms with Gasteiger partial charge in [0, 0.05) is 17.9 Å². The van der Waals surface area contributed by atoms with Gasteiger partial charge in [-0.2, -0.15) is 0 Å². The molecule has 1 unspecified atom stereocenters. The summed E-state index contributed by atoms with van der Waals surface area (Å²) in [6.45, 7) is 0.179. The summed E-state index contributed by atoms with van der Waals surface area (Å²) in [6.07, 6.45) is 0. The fraction of sp³-hybridized carbons (Fsp3) is 0.429. The summed E-state index contributed by atoms with van der Waals surface area (Å²) in [5.41, 5.74) is -1.48. The predicted octanol–water partition coefficient (Wildman–Crippen LogP) is 1.48. The number of nitro benzene ring substituents is 1. The second-order valence-electron chi connectivity index (χ2n) is 4.67. The van der Waals surface area contributed by atoms with E-state index in [4.69, 9.17) is 14.2 Å². The molecule has 0 saturated carbocycles. The zero-order chi connectivity index (χ0) is 17.0. The van der Waals surface area contributed by atoms with Crippen LogP contribution in [0.3, 0.4) is 0 Å². The van der Waals surface area contributed by atoms with E-state index in [9.17, 15) is 19.7 Å². The highest BCUT2D eigenvalue weighted by Gasteiger charge is 2.58. The van der Waals surface area contributed by atoms with Crippen LogP contribution in [0.15, 0.2) is 24.3 Å². The van der Waals surface area contributed by atoms with Gasteiger partial charge in [0.2, 0.25) is 0 Å². The molecule has 23 heavy (non-hydrogen) atoms. The van der Waals surface area contributed by atoms with Gasteiger partial charge in [0.05, 0.1) is 31.0 Å². The van der Waals surface area contributed by atoms with Crippen LogP contribution in [0.5, 0.6) is 0 Å². The Kier molecular flexibility index (Phi) is 5.22. The lowest BCUT2D eigenvalue weighted by Gasteiger charge is -2.38. The van der Waals surface area contributed by atoms with Gasteiger partial charge in [0.15, 0.2) is 0 Å². The molecular weight excluding hydrogens is 326 g/mol. The number of nitrogens with zero attached hydrogens (tertiary/aromatic N) is 1. The maximum atomic E-state index is 12.3. The normalized spacial score (nSPS) is 19.7. The second-order valence-corrected chi connectivity index (χ2v) is 5.88. The largest absolute Gasteiger partial charge is 0.466 e. The minimum atomic E-state index is -1.93. The molecule has 1 aliphatic heterocycles. The number of carbonyl (C=O) groups excluding carboxylic acids is 2. The molecule has 1 aromatic carbocycles. The first kappa shape index (κ1) is 17.2. The maximum absolute atomic E-state index is 12.3. The Morgan fingerprint density at radius 1 is 1.26 bits per heavy atom. The van der Waals surface area contributed by atoms with Crippen LogP contribution in [-0.2, 0) is 23.8 Å². The highest BCUT2D eigenvalue weighted by molar-refractivity contribution is 7.99. The number of methoxy groups -OCH3 is 2. The first-order valence-electron chi connectivity index (χ1n) is 6.64. The summed E-state index contributed by atoms with van der Waals surface area (Å²) in [5, 5.41) is 10.0. The molecule has 0 radical (unpaired) electrons. The molecular formula is C14H15NO7S. The number of hydrogen-bond acceptors (Lipinski definition) is 8. The minimum absolute atomic E-state index is 0.0859. The molecule has 1 saturated heterocycles. The van der Waals surface area contributed by atoms with Gasteiger partial charge in [-0.3, -0.25) is 10.1 Å². The lowest BCUT2D eigenvalue weighted by Crippen LogP contribution is -2.56. The number of benzene rings is 1. The first-order chi connectivity index (χ1) is 11.0. The molecule has 0 aromatic heterocycles. The van der Waals surface area contributed by atoms with E-state index in [0.29, 0.717) is 11.3 Å². The molecule has 0 amide bonds. The molecule has 8 nitrogen and oxygen atoms in total. The van der Waals surface area contributed by atoms with Crippen LogP contribution in [0.1, 0.15) is 10.8 Å². The van der Waals surface area contributed by atoms with Crippen LogP contribution >= 0.6 is 11.8 Å².